The SMILES string of the molecule is O=C(CN1C(=O)c2ccccc2[C@H]1c1c[nH]c2ccccc12)N1CCOCC1. The fraction of sp³-hybridized carbons (Fsp3) is 0.273. The van der Waals surface area contributed by atoms with Gasteiger partial charge in [-0.3, -0.25) is 9.59 Å². The van der Waals surface area contributed by atoms with E-state index in [1.807, 2.05) is 48.7 Å². The minimum Gasteiger partial charge on any atom is -0.378 e. The minimum atomic E-state index is -0.273. The lowest BCUT2D eigenvalue weighted by Crippen LogP contribution is -2.46. The fourth-order valence-electron chi connectivity index (χ4n) is 4.25. The molecule has 0 bridgehead atoms. The van der Waals surface area contributed by atoms with Gasteiger partial charge in [0.15, 0.2) is 0 Å². The molecule has 3 aromatic rings. The van der Waals surface area contributed by atoms with Crippen LogP contribution in [0.5, 0.6) is 0 Å². The van der Waals surface area contributed by atoms with Gasteiger partial charge in [0.1, 0.15) is 6.54 Å². The fourth-order valence-corrected chi connectivity index (χ4v) is 4.25. The second kappa shape index (κ2) is 6.80. The summed E-state index contributed by atoms with van der Waals surface area (Å²) in [6, 6.07) is 15.4. The molecule has 1 N–H and O–H groups in total. The van der Waals surface area contributed by atoms with E-state index >= 15 is 0 Å². The normalized spacial score (nSPS) is 19.3. The first-order chi connectivity index (χ1) is 13.7. The van der Waals surface area contributed by atoms with E-state index in [1.54, 1.807) is 9.80 Å². The smallest absolute Gasteiger partial charge is 0.255 e. The number of aromatic nitrogens is 1. The topological polar surface area (TPSA) is 65.6 Å². The monoisotopic (exact) mass is 375 g/mol. The highest BCUT2D eigenvalue weighted by Crippen LogP contribution is 2.40. The summed E-state index contributed by atoms with van der Waals surface area (Å²) in [4.78, 5) is 32.9. The molecule has 5 rings (SSSR count). The van der Waals surface area contributed by atoms with Crippen LogP contribution in [-0.4, -0.2) is 59.4 Å². The molecule has 0 saturated carbocycles. The summed E-state index contributed by atoms with van der Waals surface area (Å²) < 4.78 is 5.34. The van der Waals surface area contributed by atoms with Crippen molar-refractivity contribution in [2.24, 2.45) is 0 Å². The third kappa shape index (κ3) is 2.68. The molecule has 1 fully saturated rings. The van der Waals surface area contributed by atoms with Gasteiger partial charge in [0.05, 0.1) is 19.3 Å². The zero-order valence-corrected chi connectivity index (χ0v) is 15.4. The van der Waals surface area contributed by atoms with Crippen molar-refractivity contribution in [1.29, 1.82) is 0 Å². The zero-order chi connectivity index (χ0) is 19.1. The van der Waals surface area contributed by atoms with Gasteiger partial charge in [0.25, 0.3) is 5.91 Å². The molecule has 3 heterocycles. The summed E-state index contributed by atoms with van der Waals surface area (Å²) in [6.45, 7) is 2.31. The first-order valence-corrected chi connectivity index (χ1v) is 9.55. The number of hydrogen-bond acceptors (Lipinski definition) is 3. The highest BCUT2D eigenvalue weighted by Gasteiger charge is 2.40. The van der Waals surface area contributed by atoms with Crippen LogP contribution in [0.4, 0.5) is 0 Å². The zero-order valence-electron chi connectivity index (χ0n) is 15.4. The molecule has 142 valence electrons. The first-order valence-electron chi connectivity index (χ1n) is 9.55. The Labute approximate surface area is 162 Å². The number of morpholine rings is 1. The standard InChI is InChI=1S/C22H21N3O3/c26-20(24-9-11-28-12-10-24)14-25-21(16-6-1-2-7-17(16)22(25)27)18-13-23-19-8-4-3-5-15(18)19/h1-8,13,21,23H,9-12,14H2/t21-/m0/s1. The maximum atomic E-state index is 13.2. The van der Waals surface area contributed by atoms with E-state index in [1.165, 1.54) is 0 Å². The van der Waals surface area contributed by atoms with E-state index in [0.717, 1.165) is 22.0 Å². The number of hydrogen-bond donors (Lipinski definition) is 1. The Hall–Kier alpha value is -3.12. The third-order valence-corrected chi connectivity index (χ3v) is 5.64. The van der Waals surface area contributed by atoms with Gasteiger partial charge in [-0.25, -0.2) is 0 Å². The summed E-state index contributed by atoms with van der Waals surface area (Å²) in [5.74, 6) is -0.123. The van der Waals surface area contributed by atoms with E-state index in [4.69, 9.17) is 4.74 Å². The second-order valence-electron chi connectivity index (χ2n) is 7.21. The van der Waals surface area contributed by atoms with Gasteiger partial charge >= 0.3 is 0 Å². The summed E-state index contributed by atoms with van der Waals surface area (Å²) >= 11 is 0. The van der Waals surface area contributed by atoms with E-state index in [9.17, 15) is 9.59 Å². The molecule has 6 nitrogen and oxygen atoms in total. The van der Waals surface area contributed by atoms with E-state index in [2.05, 4.69) is 11.1 Å². The van der Waals surface area contributed by atoms with Crippen LogP contribution in [-0.2, 0) is 9.53 Å². The molecule has 28 heavy (non-hydrogen) atoms. The number of carbonyl (C=O) groups is 2. The number of rotatable bonds is 3. The van der Waals surface area contributed by atoms with Crippen LogP contribution in [0, 0.1) is 0 Å². The third-order valence-electron chi connectivity index (χ3n) is 5.64. The summed E-state index contributed by atoms with van der Waals surface area (Å²) in [5.41, 5.74) is 3.66. The van der Waals surface area contributed by atoms with Crippen molar-refractivity contribution in [3.05, 3.63) is 71.4 Å². The van der Waals surface area contributed by atoms with Gasteiger partial charge in [-0.1, -0.05) is 36.4 Å². The van der Waals surface area contributed by atoms with Crippen molar-refractivity contribution >= 4 is 22.7 Å². The number of benzene rings is 2. The molecule has 2 amide bonds. The molecular formula is C22H21N3O3. The molecule has 1 aromatic heterocycles. The minimum absolute atomic E-state index is 0.0331. The Bertz CT molecular complexity index is 1050. The quantitative estimate of drug-likeness (QED) is 0.765. The summed E-state index contributed by atoms with van der Waals surface area (Å²) in [5, 5.41) is 1.07. The van der Waals surface area contributed by atoms with Crippen molar-refractivity contribution in [2.75, 3.05) is 32.8 Å². The molecule has 0 radical (unpaired) electrons. The lowest BCUT2D eigenvalue weighted by molar-refractivity contribution is -0.136. The van der Waals surface area contributed by atoms with Crippen molar-refractivity contribution in [3.63, 3.8) is 0 Å². The van der Waals surface area contributed by atoms with Gasteiger partial charge in [0.2, 0.25) is 5.91 Å². The summed E-state index contributed by atoms with van der Waals surface area (Å²) in [6.07, 6.45) is 1.96. The van der Waals surface area contributed by atoms with Crippen LogP contribution < -0.4 is 0 Å². The van der Waals surface area contributed by atoms with Gasteiger partial charge in [-0.2, -0.15) is 0 Å². The van der Waals surface area contributed by atoms with E-state index < -0.39 is 0 Å². The number of fused-ring (bicyclic) bond motifs is 2. The number of ether oxygens (including phenoxy) is 1. The van der Waals surface area contributed by atoms with Crippen molar-refractivity contribution in [2.45, 2.75) is 6.04 Å². The van der Waals surface area contributed by atoms with Gasteiger partial charge < -0.3 is 19.5 Å². The van der Waals surface area contributed by atoms with Crippen LogP contribution in [0.15, 0.2) is 54.7 Å². The molecule has 0 aliphatic carbocycles. The highest BCUT2D eigenvalue weighted by molar-refractivity contribution is 6.02. The van der Waals surface area contributed by atoms with Crippen LogP contribution in [0.2, 0.25) is 0 Å². The number of carbonyl (C=O) groups excluding carboxylic acids is 2. The van der Waals surface area contributed by atoms with Gasteiger partial charge in [0, 0.05) is 41.3 Å². The number of H-pyrrole nitrogens is 1. The Balaban J connectivity index is 1.55. The van der Waals surface area contributed by atoms with Crippen LogP contribution in [0.25, 0.3) is 10.9 Å². The molecule has 2 aliphatic heterocycles. The van der Waals surface area contributed by atoms with Crippen molar-refractivity contribution in [1.82, 2.24) is 14.8 Å². The average Bonchev–Trinajstić information content (AvgIpc) is 3.28. The lowest BCUT2D eigenvalue weighted by atomic mass is 9.97. The Kier molecular flexibility index (Phi) is 4.13. The van der Waals surface area contributed by atoms with E-state index in [0.29, 0.717) is 31.9 Å². The molecule has 0 spiro atoms. The largest absolute Gasteiger partial charge is 0.378 e. The Morgan fingerprint density at radius 2 is 1.79 bits per heavy atom. The maximum Gasteiger partial charge on any atom is 0.255 e. The van der Waals surface area contributed by atoms with Crippen molar-refractivity contribution in [3.8, 4) is 0 Å². The molecule has 2 aromatic carbocycles. The number of nitrogens with zero attached hydrogens (tertiary/aromatic N) is 2. The predicted octanol–water partition coefficient (Wildman–Crippen LogP) is 2.57. The van der Waals surface area contributed by atoms with Crippen LogP contribution in [0.3, 0.4) is 0 Å². The molecule has 0 unspecified atom stereocenters. The Morgan fingerprint density at radius 1 is 1.04 bits per heavy atom. The van der Waals surface area contributed by atoms with Crippen LogP contribution in [0.1, 0.15) is 27.5 Å². The lowest BCUT2D eigenvalue weighted by Gasteiger charge is -2.31. The van der Waals surface area contributed by atoms with Crippen LogP contribution >= 0.6 is 0 Å². The predicted molar refractivity (Wildman–Crippen MR) is 105 cm³/mol. The van der Waals surface area contributed by atoms with Gasteiger partial charge in [-0.05, 0) is 17.7 Å². The van der Waals surface area contributed by atoms with E-state index in [-0.39, 0.29) is 24.4 Å². The molecule has 2 aliphatic rings. The second-order valence-corrected chi connectivity index (χ2v) is 7.21. The van der Waals surface area contributed by atoms with Gasteiger partial charge in [-0.15, -0.1) is 0 Å². The summed E-state index contributed by atoms with van der Waals surface area (Å²) in [7, 11) is 0. The highest BCUT2D eigenvalue weighted by atomic mass is 16.5. The maximum absolute atomic E-state index is 13.2. The molecular weight excluding hydrogens is 354 g/mol. The molecule has 1 atom stereocenters. The number of amides is 2. The number of nitrogens with one attached hydrogen (secondary N) is 1. The average molecular weight is 375 g/mol. The molecule has 6 heteroatoms. The Morgan fingerprint density at radius 3 is 2.64 bits per heavy atom. The molecule has 1 saturated heterocycles. The number of aromatic amines is 1. The van der Waals surface area contributed by atoms with Crippen molar-refractivity contribution < 1.29 is 14.3 Å². The number of para-hydroxylation sites is 1. The first kappa shape index (κ1) is 17.0.